The van der Waals surface area contributed by atoms with Crippen LogP contribution < -0.4 is 5.32 Å². The quantitative estimate of drug-likeness (QED) is 0.0392. The summed E-state index contributed by atoms with van der Waals surface area (Å²) in [4.78, 5) is 13.2. The second-order valence-corrected chi connectivity index (χ2v) is 20.4. The highest BCUT2D eigenvalue weighted by Crippen LogP contribution is 2.33. The van der Waals surface area contributed by atoms with Gasteiger partial charge in [-0.05, 0) is 12.8 Å². The number of aliphatic hydroxyl groups excluding tert-OH is 11. The van der Waals surface area contributed by atoms with Crippen molar-refractivity contribution in [3.63, 3.8) is 0 Å². The van der Waals surface area contributed by atoms with Gasteiger partial charge in [-0.25, -0.2) is 0 Å². The Morgan fingerprint density at radius 3 is 1.23 bits per heavy atom. The van der Waals surface area contributed by atoms with Crippen LogP contribution in [0.25, 0.3) is 0 Å². The number of rotatable bonds is 40. The van der Waals surface area contributed by atoms with Gasteiger partial charge < -0.3 is 89.9 Å². The Balaban J connectivity index is 1.51. The van der Waals surface area contributed by atoms with Crippen LogP contribution in [-0.2, 0) is 33.2 Å². The molecule has 0 aromatic rings. The Labute approximate surface area is 423 Å². The van der Waals surface area contributed by atoms with E-state index in [1.54, 1.807) is 0 Å². The Kier molecular flexibility index (Phi) is 33.9. The Morgan fingerprint density at radius 1 is 0.451 bits per heavy atom. The molecule has 19 heteroatoms. The van der Waals surface area contributed by atoms with Gasteiger partial charge in [0.1, 0.15) is 73.2 Å². The number of unbranched alkanes of at least 4 members (excludes halogenated alkanes) is 24. The van der Waals surface area contributed by atoms with Gasteiger partial charge in [-0.2, -0.15) is 0 Å². The first kappa shape index (κ1) is 64.1. The van der Waals surface area contributed by atoms with E-state index in [4.69, 9.17) is 28.4 Å². The first-order valence-electron chi connectivity index (χ1n) is 27.8. The topological polar surface area (TPSA) is 307 Å². The molecule has 0 aliphatic carbocycles. The molecule has 0 radical (unpaired) electrons. The molecule has 0 aromatic carbocycles. The van der Waals surface area contributed by atoms with Crippen molar-refractivity contribution in [2.24, 2.45) is 0 Å². The maximum absolute atomic E-state index is 13.2. The zero-order valence-electron chi connectivity index (χ0n) is 43.2. The summed E-state index contributed by atoms with van der Waals surface area (Å²) in [5.41, 5.74) is 0. The van der Waals surface area contributed by atoms with E-state index in [1.807, 2.05) is 0 Å². The lowest BCUT2D eigenvalue weighted by atomic mass is 9.96. The van der Waals surface area contributed by atoms with Crippen LogP contribution in [0.5, 0.6) is 0 Å². The third-order valence-corrected chi connectivity index (χ3v) is 14.4. The standard InChI is InChI=1S/C52H99NO18/c1-3-5-7-9-11-13-14-15-16-17-18-19-20-22-23-25-27-29-36(57)35(53-40(58)30-28-26-24-21-12-10-8-6-4-2)34-66-50-46(64)43(61)48(38(32-55)68-50)71-52-47(65)44(62)49(39(33-56)69-52)70-51-45(63)42(60)41(59)37(31-54)67-51/h35-39,41-52,54-57,59-65H,3-34H2,1-2H3,(H,53,58). The van der Waals surface area contributed by atoms with Gasteiger partial charge in [-0.1, -0.05) is 174 Å². The SMILES string of the molecule is CCCCCCCCCCCCCCCCCCCC(O)C(COC1OC(CO)C(OC2OC(CO)C(OC3OC(CO)C(O)C(O)C3O)C(O)C2O)C(O)C1O)NC(=O)CCCCCCCCCCC. The fourth-order valence-corrected chi connectivity index (χ4v) is 9.78. The molecule has 3 rings (SSSR count). The molecule has 71 heavy (non-hydrogen) atoms. The summed E-state index contributed by atoms with van der Waals surface area (Å²) < 4.78 is 34.2. The van der Waals surface area contributed by atoms with E-state index in [0.29, 0.717) is 12.8 Å². The van der Waals surface area contributed by atoms with Crippen molar-refractivity contribution in [2.75, 3.05) is 26.4 Å². The Bertz CT molecular complexity index is 1320. The van der Waals surface area contributed by atoms with Crippen LogP contribution in [0.15, 0.2) is 0 Å². The lowest BCUT2D eigenvalue weighted by Gasteiger charge is -2.48. The Morgan fingerprint density at radius 2 is 0.803 bits per heavy atom. The molecule has 0 spiro atoms. The maximum Gasteiger partial charge on any atom is 0.220 e. The molecule has 0 bridgehead atoms. The number of nitrogens with one attached hydrogen (secondary N) is 1. The minimum absolute atomic E-state index is 0.245. The lowest BCUT2D eigenvalue weighted by Crippen LogP contribution is -2.66. The summed E-state index contributed by atoms with van der Waals surface area (Å²) in [6, 6.07) is -0.877. The number of hydrogen-bond acceptors (Lipinski definition) is 18. The van der Waals surface area contributed by atoms with Crippen molar-refractivity contribution in [3.05, 3.63) is 0 Å². The van der Waals surface area contributed by atoms with Gasteiger partial charge in [-0.15, -0.1) is 0 Å². The van der Waals surface area contributed by atoms with Gasteiger partial charge in [0.05, 0.1) is 38.6 Å². The monoisotopic (exact) mass is 1030 g/mol. The van der Waals surface area contributed by atoms with Crippen LogP contribution in [0.3, 0.4) is 0 Å². The molecule has 3 aliphatic heterocycles. The normalized spacial score (nSPS) is 32.2. The van der Waals surface area contributed by atoms with Crippen molar-refractivity contribution < 1.29 is 89.4 Å². The van der Waals surface area contributed by atoms with E-state index in [-0.39, 0.29) is 18.9 Å². The molecule has 3 heterocycles. The average molecular weight is 1030 g/mol. The molecule has 12 N–H and O–H groups in total. The summed E-state index contributed by atoms with van der Waals surface area (Å²) in [7, 11) is 0. The highest BCUT2D eigenvalue weighted by molar-refractivity contribution is 5.76. The number of carbonyl (C=O) groups is 1. The van der Waals surface area contributed by atoms with Gasteiger partial charge in [0.15, 0.2) is 18.9 Å². The van der Waals surface area contributed by atoms with E-state index < -0.39 is 124 Å². The summed E-state index contributed by atoms with van der Waals surface area (Å²) in [6.07, 6.45) is 4.98. The minimum atomic E-state index is -1.97. The Hall–Kier alpha value is -1.21. The molecule has 17 unspecified atom stereocenters. The van der Waals surface area contributed by atoms with E-state index in [9.17, 15) is 61.0 Å². The number of ether oxygens (including phenoxy) is 6. The molecule has 0 saturated carbocycles. The summed E-state index contributed by atoms with van der Waals surface area (Å²) >= 11 is 0. The van der Waals surface area contributed by atoms with Gasteiger partial charge in [-0.3, -0.25) is 4.79 Å². The number of carbonyl (C=O) groups excluding carboxylic acids is 1. The van der Waals surface area contributed by atoms with Crippen molar-refractivity contribution in [1.29, 1.82) is 0 Å². The van der Waals surface area contributed by atoms with Crippen LogP contribution in [0.4, 0.5) is 0 Å². The minimum Gasteiger partial charge on any atom is -0.394 e. The molecule has 0 aromatic heterocycles. The average Bonchev–Trinajstić information content (AvgIpc) is 3.36. The first-order valence-corrected chi connectivity index (χ1v) is 27.8. The molecular formula is C52H99NO18. The molecule has 3 saturated heterocycles. The maximum atomic E-state index is 13.2. The zero-order valence-corrected chi connectivity index (χ0v) is 43.2. The van der Waals surface area contributed by atoms with Gasteiger partial charge in [0.25, 0.3) is 0 Å². The van der Waals surface area contributed by atoms with Crippen LogP contribution in [0.2, 0.25) is 0 Å². The fraction of sp³-hybridized carbons (Fsp3) is 0.981. The molecule has 420 valence electrons. The van der Waals surface area contributed by atoms with Crippen LogP contribution in [0, 0.1) is 0 Å². The van der Waals surface area contributed by atoms with E-state index in [1.165, 1.54) is 116 Å². The third-order valence-electron chi connectivity index (χ3n) is 14.4. The van der Waals surface area contributed by atoms with Gasteiger partial charge in [0, 0.05) is 6.42 Å². The van der Waals surface area contributed by atoms with E-state index in [2.05, 4.69) is 19.2 Å². The van der Waals surface area contributed by atoms with Crippen molar-refractivity contribution in [1.82, 2.24) is 5.32 Å². The molecule has 3 fully saturated rings. The smallest absolute Gasteiger partial charge is 0.220 e. The predicted molar refractivity (Wildman–Crippen MR) is 264 cm³/mol. The van der Waals surface area contributed by atoms with Crippen molar-refractivity contribution in [3.8, 4) is 0 Å². The molecular weight excluding hydrogens is 927 g/mol. The van der Waals surface area contributed by atoms with Crippen LogP contribution >= 0.6 is 0 Å². The molecule has 3 aliphatic rings. The van der Waals surface area contributed by atoms with Crippen LogP contribution in [0.1, 0.15) is 194 Å². The highest BCUT2D eigenvalue weighted by atomic mass is 16.8. The number of aliphatic hydroxyl groups is 11. The molecule has 19 nitrogen and oxygen atoms in total. The van der Waals surface area contributed by atoms with Crippen LogP contribution in [-0.4, -0.2) is 193 Å². The second-order valence-electron chi connectivity index (χ2n) is 20.4. The third kappa shape index (κ3) is 22.9. The first-order chi connectivity index (χ1) is 34.3. The largest absolute Gasteiger partial charge is 0.394 e. The van der Waals surface area contributed by atoms with Crippen molar-refractivity contribution >= 4 is 5.91 Å². The molecule has 17 atom stereocenters. The summed E-state index contributed by atoms with van der Waals surface area (Å²) in [5, 5.41) is 120. The highest BCUT2D eigenvalue weighted by Gasteiger charge is 2.53. The lowest BCUT2D eigenvalue weighted by molar-refractivity contribution is -0.379. The van der Waals surface area contributed by atoms with Gasteiger partial charge in [0.2, 0.25) is 5.91 Å². The predicted octanol–water partition coefficient (Wildman–Crippen LogP) is 3.26. The molecule has 1 amide bonds. The number of amides is 1. The van der Waals surface area contributed by atoms with Gasteiger partial charge >= 0.3 is 0 Å². The zero-order chi connectivity index (χ0) is 52.0. The fourth-order valence-electron chi connectivity index (χ4n) is 9.78. The second kappa shape index (κ2) is 37.5. The number of hydrogen-bond donors (Lipinski definition) is 12. The summed E-state index contributed by atoms with van der Waals surface area (Å²) in [6.45, 7) is 1.75. The summed E-state index contributed by atoms with van der Waals surface area (Å²) in [5.74, 6) is -0.245. The van der Waals surface area contributed by atoms with E-state index in [0.717, 1.165) is 44.9 Å². The van der Waals surface area contributed by atoms with E-state index >= 15 is 0 Å². The van der Waals surface area contributed by atoms with Crippen molar-refractivity contribution in [2.45, 2.75) is 298 Å².